The van der Waals surface area contributed by atoms with Crippen molar-refractivity contribution in [1.82, 2.24) is 0 Å². The third-order valence-electron chi connectivity index (χ3n) is 5.08. The molecule has 1 amide bonds. The molecular formula is C17H19NO5. The molecule has 0 unspecified atom stereocenters. The molecule has 0 saturated heterocycles. The molecule has 0 aliphatic heterocycles. The number of aliphatic carboxylic acids is 2. The van der Waals surface area contributed by atoms with Crippen molar-refractivity contribution in [3.63, 3.8) is 0 Å². The molecule has 2 aliphatic rings. The van der Waals surface area contributed by atoms with Crippen LogP contribution in [0.4, 0.5) is 5.69 Å². The summed E-state index contributed by atoms with van der Waals surface area (Å²) in [7, 11) is 0. The van der Waals surface area contributed by atoms with Crippen molar-refractivity contribution in [2.75, 3.05) is 5.32 Å². The minimum absolute atomic E-state index is 0.0678. The second kappa shape index (κ2) is 6.02. The number of nitrogens with one attached hydrogen (secondary N) is 1. The highest BCUT2D eigenvalue weighted by molar-refractivity contribution is 5.96. The summed E-state index contributed by atoms with van der Waals surface area (Å²) in [5.74, 6) is -2.80. The lowest BCUT2D eigenvalue weighted by Gasteiger charge is -2.27. The smallest absolute Gasteiger partial charge is 0.307 e. The van der Waals surface area contributed by atoms with Crippen LogP contribution in [0, 0.1) is 23.7 Å². The summed E-state index contributed by atoms with van der Waals surface area (Å²) in [6.45, 7) is 0. The molecule has 23 heavy (non-hydrogen) atoms. The fourth-order valence-electron chi connectivity index (χ4n) is 4.13. The molecule has 2 bridgehead atoms. The van der Waals surface area contributed by atoms with Gasteiger partial charge in [-0.1, -0.05) is 12.1 Å². The van der Waals surface area contributed by atoms with E-state index in [0.29, 0.717) is 11.3 Å². The van der Waals surface area contributed by atoms with E-state index in [1.165, 1.54) is 0 Å². The van der Waals surface area contributed by atoms with Gasteiger partial charge in [-0.2, -0.15) is 0 Å². The molecule has 0 radical (unpaired) electrons. The number of carbonyl (C=O) groups excluding carboxylic acids is 1. The topological polar surface area (TPSA) is 104 Å². The standard InChI is InChI=1S/C17H19NO5/c19-13(20)7-9-1-5-12(6-2-9)18-16(21)14-10-3-4-11(8-10)15(14)17(22)23/h1-2,5-6,10-11,14-15H,3-4,7-8H2,(H,18,21)(H,19,20)(H,22,23)/t10-,11-,14-,15+/m0/s1. The van der Waals surface area contributed by atoms with Gasteiger partial charge in [0.1, 0.15) is 0 Å². The Labute approximate surface area is 133 Å². The van der Waals surface area contributed by atoms with E-state index in [1.54, 1.807) is 24.3 Å². The second-order valence-electron chi connectivity index (χ2n) is 6.48. The molecule has 3 rings (SSSR count). The second-order valence-corrected chi connectivity index (χ2v) is 6.48. The summed E-state index contributed by atoms with van der Waals surface area (Å²) >= 11 is 0. The zero-order valence-electron chi connectivity index (χ0n) is 12.6. The highest BCUT2D eigenvalue weighted by Crippen LogP contribution is 2.52. The van der Waals surface area contributed by atoms with Crippen LogP contribution in [-0.4, -0.2) is 28.1 Å². The molecule has 6 heteroatoms. The molecule has 3 N–H and O–H groups in total. The molecule has 2 saturated carbocycles. The van der Waals surface area contributed by atoms with E-state index in [2.05, 4.69) is 5.32 Å². The Kier molecular flexibility index (Phi) is 4.07. The normalized spacial score (nSPS) is 28.5. The van der Waals surface area contributed by atoms with Gasteiger partial charge in [0, 0.05) is 5.69 Å². The Morgan fingerprint density at radius 2 is 1.61 bits per heavy atom. The summed E-state index contributed by atoms with van der Waals surface area (Å²) in [6, 6.07) is 6.61. The fourth-order valence-corrected chi connectivity index (χ4v) is 4.13. The van der Waals surface area contributed by atoms with E-state index in [4.69, 9.17) is 5.11 Å². The number of carboxylic acids is 2. The maximum atomic E-state index is 12.5. The summed E-state index contributed by atoms with van der Waals surface area (Å²) in [6.07, 6.45) is 2.58. The molecule has 0 spiro atoms. The highest BCUT2D eigenvalue weighted by atomic mass is 16.4. The Balaban J connectivity index is 1.69. The molecule has 122 valence electrons. The number of amides is 1. The first-order chi connectivity index (χ1) is 11.0. The van der Waals surface area contributed by atoms with Gasteiger partial charge >= 0.3 is 11.9 Å². The summed E-state index contributed by atoms with van der Waals surface area (Å²) in [4.78, 5) is 34.6. The van der Waals surface area contributed by atoms with E-state index in [-0.39, 0.29) is 24.2 Å². The van der Waals surface area contributed by atoms with Gasteiger partial charge in [-0.05, 0) is 48.8 Å². The third kappa shape index (κ3) is 3.06. The number of anilines is 1. The number of hydrogen-bond acceptors (Lipinski definition) is 3. The van der Waals surface area contributed by atoms with E-state index >= 15 is 0 Å². The van der Waals surface area contributed by atoms with Crippen LogP contribution >= 0.6 is 0 Å². The average Bonchev–Trinajstić information content (AvgIpc) is 3.09. The lowest BCUT2D eigenvalue weighted by molar-refractivity contribution is -0.148. The number of carboxylic acid groups (broad SMARTS) is 2. The molecule has 1 aromatic rings. The Morgan fingerprint density at radius 3 is 2.17 bits per heavy atom. The van der Waals surface area contributed by atoms with Crippen LogP contribution in [0.3, 0.4) is 0 Å². The first-order valence-corrected chi connectivity index (χ1v) is 7.80. The zero-order valence-corrected chi connectivity index (χ0v) is 12.6. The van der Waals surface area contributed by atoms with Gasteiger partial charge in [0.05, 0.1) is 18.3 Å². The fraction of sp³-hybridized carbons (Fsp3) is 0.471. The van der Waals surface area contributed by atoms with Crippen LogP contribution in [0.25, 0.3) is 0 Å². The van der Waals surface area contributed by atoms with Crippen LogP contribution < -0.4 is 5.32 Å². The predicted molar refractivity (Wildman–Crippen MR) is 81.9 cm³/mol. The minimum Gasteiger partial charge on any atom is -0.481 e. The van der Waals surface area contributed by atoms with Gasteiger partial charge in [0.25, 0.3) is 0 Å². The van der Waals surface area contributed by atoms with Crippen LogP contribution in [-0.2, 0) is 20.8 Å². The van der Waals surface area contributed by atoms with Crippen molar-refractivity contribution in [2.24, 2.45) is 23.7 Å². The average molecular weight is 317 g/mol. The number of benzene rings is 1. The lowest BCUT2D eigenvalue weighted by Crippen LogP contribution is -2.37. The van der Waals surface area contributed by atoms with E-state index in [0.717, 1.165) is 19.3 Å². The molecule has 6 nitrogen and oxygen atoms in total. The largest absolute Gasteiger partial charge is 0.481 e. The monoisotopic (exact) mass is 317 g/mol. The molecule has 4 atom stereocenters. The van der Waals surface area contributed by atoms with E-state index < -0.39 is 23.8 Å². The van der Waals surface area contributed by atoms with Gasteiger partial charge in [-0.3, -0.25) is 14.4 Å². The number of fused-ring (bicyclic) bond motifs is 2. The quantitative estimate of drug-likeness (QED) is 0.770. The van der Waals surface area contributed by atoms with Gasteiger partial charge in [0.15, 0.2) is 0 Å². The van der Waals surface area contributed by atoms with Crippen molar-refractivity contribution in [3.05, 3.63) is 29.8 Å². The molecule has 0 aromatic heterocycles. The van der Waals surface area contributed by atoms with Gasteiger partial charge in [-0.25, -0.2) is 0 Å². The van der Waals surface area contributed by atoms with Crippen molar-refractivity contribution in [1.29, 1.82) is 0 Å². The Hall–Kier alpha value is -2.37. The third-order valence-corrected chi connectivity index (χ3v) is 5.08. The lowest BCUT2D eigenvalue weighted by atomic mass is 9.78. The van der Waals surface area contributed by atoms with Crippen molar-refractivity contribution < 1.29 is 24.6 Å². The number of carbonyl (C=O) groups is 3. The maximum Gasteiger partial charge on any atom is 0.307 e. The summed E-state index contributed by atoms with van der Waals surface area (Å²) in [5, 5.41) is 20.9. The highest BCUT2D eigenvalue weighted by Gasteiger charge is 2.53. The number of hydrogen-bond donors (Lipinski definition) is 3. The Morgan fingerprint density at radius 1 is 1.00 bits per heavy atom. The molecular weight excluding hydrogens is 298 g/mol. The zero-order chi connectivity index (χ0) is 16.6. The van der Waals surface area contributed by atoms with Crippen molar-refractivity contribution in [3.8, 4) is 0 Å². The molecule has 2 fully saturated rings. The Bertz CT molecular complexity index is 639. The van der Waals surface area contributed by atoms with Gasteiger partial charge in [0.2, 0.25) is 5.91 Å². The maximum absolute atomic E-state index is 12.5. The van der Waals surface area contributed by atoms with E-state index in [9.17, 15) is 19.5 Å². The van der Waals surface area contributed by atoms with E-state index in [1.807, 2.05) is 0 Å². The SMILES string of the molecule is O=C(O)Cc1ccc(NC(=O)[C@H]2[C@H]3CC[C@@H](C3)[C@H]2C(=O)O)cc1. The predicted octanol–water partition coefficient (Wildman–Crippen LogP) is 2.00. The van der Waals surface area contributed by atoms with Crippen LogP contribution in [0.1, 0.15) is 24.8 Å². The summed E-state index contributed by atoms with van der Waals surface area (Å²) in [5.41, 5.74) is 1.22. The first-order valence-electron chi connectivity index (χ1n) is 7.80. The minimum atomic E-state index is -0.909. The summed E-state index contributed by atoms with van der Waals surface area (Å²) < 4.78 is 0. The van der Waals surface area contributed by atoms with Crippen molar-refractivity contribution >= 4 is 23.5 Å². The molecule has 0 heterocycles. The van der Waals surface area contributed by atoms with Gasteiger partial charge in [-0.15, -0.1) is 0 Å². The van der Waals surface area contributed by atoms with Gasteiger partial charge < -0.3 is 15.5 Å². The molecule has 2 aliphatic carbocycles. The van der Waals surface area contributed by atoms with Crippen LogP contribution in [0.15, 0.2) is 24.3 Å². The molecule has 1 aromatic carbocycles. The van der Waals surface area contributed by atoms with Crippen LogP contribution in [0.5, 0.6) is 0 Å². The van der Waals surface area contributed by atoms with Crippen molar-refractivity contribution in [2.45, 2.75) is 25.7 Å². The van der Waals surface area contributed by atoms with Crippen LogP contribution in [0.2, 0.25) is 0 Å². The first kappa shape index (κ1) is 15.5. The number of rotatable bonds is 5.